The van der Waals surface area contributed by atoms with E-state index in [0.717, 1.165) is 45.0 Å². The SMILES string of the molecule is CCS(=O)(=O)CCCN1CCN(c2ccc(N)cn2)CC1. The van der Waals surface area contributed by atoms with Gasteiger partial charge < -0.3 is 10.6 Å². The van der Waals surface area contributed by atoms with Crippen LogP contribution in [-0.4, -0.2) is 62.5 Å². The fraction of sp³-hybridized carbons (Fsp3) is 0.643. The summed E-state index contributed by atoms with van der Waals surface area (Å²) >= 11 is 0. The van der Waals surface area contributed by atoms with E-state index in [9.17, 15) is 8.42 Å². The summed E-state index contributed by atoms with van der Waals surface area (Å²) in [5.74, 6) is 1.49. The van der Waals surface area contributed by atoms with Crippen LogP contribution in [0.4, 0.5) is 11.5 Å². The molecule has 2 N–H and O–H groups in total. The molecule has 0 spiro atoms. The molecule has 0 atom stereocenters. The standard InChI is InChI=1S/C14H24N4O2S/c1-2-21(19,20)11-3-6-17-7-9-18(10-8-17)14-5-4-13(15)12-16-14/h4-5,12H,2-3,6-11,15H2,1H3. The second-order valence-corrected chi connectivity index (χ2v) is 7.84. The van der Waals surface area contributed by atoms with E-state index in [2.05, 4.69) is 14.8 Å². The molecule has 0 bridgehead atoms. The van der Waals surface area contributed by atoms with Crippen molar-refractivity contribution < 1.29 is 8.42 Å². The van der Waals surface area contributed by atoms with Crippen LogP contribution in [0.1, 0.15) is 13.3 Å². The molecule has 0 amide bonds. The molecular weight excluding hydrogens is 288 g/mol. The predicted molar refractivity (Wildman–Crippen MR) is 86.2 cm³/mol. The summed E-state index contributed by atoms with van der Waals surface area (Å²) in [6, 6.07) is 3.81. The van der Waals surface area contributed by atoms with Crippen LogP contribution in [0.5, 0.6) is 0 Å². The highest BCUT2D eigenvalue weighted by atomic mass is 32.2. The van der Waals surface area contributed by atoms with Crippen LogP contribution in [0.25, 0.3) is 0 Å². The Morgan fingerprint density at radius 1 is 1.24 bits per heavy atom. The Bertz CT molecular complexity index is 537. The summed E-state index contributed by atoms with van der Waals surface area (Å²) in [7, 11) is -2.84. The first kappa shape index (κ1) is 16.0. The highest BCUT2D eigenvalue weighted by Crippen LogP contribution is 2.14. The van der Waals surface area contributed by atoms with Crippen molar-refractivity contribution in [3.63, 3.8) is 0 Å². The Labute approximate surface area is 126 Å². The Balaban J connectivity index is 1.74. The molecule has 0 unspecified atom stereocenters. The summed E-state index contributed by atoms with van der Waals surface area (Å²) in [5.41, 5.74) is 6.32. The van der Waals surface area contributed by atoms with Gasteiger partial charge in [0.15, 0.2) is 0 Å². The van der Waals surface area contributed by atoms with Crippen molar-refractivity contribution in [2.24, 2.45) is 0 Å². The summed E-state index contributed by atoms with van der Waals surface area (Å²) in [4.78, 5) is 8.89. The van der Waals surface area contributed by atoms with Crippen LogP contribution in [0, 0.1) is 0 Å². The van der Waals surface area contributed by atoms with Crippen molar-refractivity contribution in [1.29, 1.82) is 0 Å². The van der Waals surface area contributed by atoms with Crippen LogP contribution in [-0.2, 0) is 9.84 Å². The molecule has 118 valence electrons. The largest absolute Gasteiger partial charge is 0.397 e. The van der Waals surface area contributed by atoms with Crippen molar-refractivity contribution in [3.8, 4) is 0 Å². The van der Waals surface area contributed by atoms with E-state index in [0.29, 0.717) is 11.4 Å². The molecule has 0 radical (unpaired) electrons. The molecule has 0 saturated carbocycles. The number of nitrogen functional groups attached to an aromatic ring is 1. The summed E-state index contributed by atoms with van der Waals surface area (Å²) in [6.07, 6.45) is 2.40. The van der Waals surface area contributed by atoms with Crippen LogP contribution in [0.3, 0.4) is 0 Å². The molecule has 1 aromatic rings. The van der Waals surface area contributed by atoms with Gasteiger partial charge >= 0.3 is 0 Å². The van der Waals surface area contributed by atoms with Gasteiger partial charge in [-0.25, -0.2) is 13.4 Å². The van der Waals surface area contributed by atoms with E-state index < -0.39 is 9.84 Å². The number of aromatic nitrogens is 1. The first-order chi connectivity index (χ1) is 10.00. The van der Waals surface area contributed by atoms with Gasteiger partial charge in [-0.2, -0.15) is 0 Å². The molecular formula is C14H24N4O2S. The van der Waals surface area contributed by atoms with E-state index in [-0.39, 0.29) is 5.75 Å². The number of sulfone groups is 1. The van der Waals surface area contributed by atoms with Crippen LogP contribution < -0.4 is 10.6 Å². The Morgan fingerprint density at radius 3 is 2.52 bits per heavy atom. The average molecular weight is 312 g/mol. The zero-order chi connectivity index (χ0) is 15.3. The summed E-state index contributed by atoms with van der Waals surface area (Å²) in [6.45, 7) is 6.27. The number of rotatable bonds is 6. The van der Waals surface area contributed by atoms with Gasteiger partial charge in [0.25, 0.3) is 0 Å². The predicted octanol–water partition coefficient (Wildman–Crippen LogP) is 0.611. The molecule has 6 nitrogen and oxygen atoms in total. The Morgan fingerprint density at radius 2 is 1.95 bits per heavy atom. The van der Waals surface area contributed by atoms with Gasteiger partial charge in [0.1, 0.15) is 15.7 Å². The van der Waals surface area contributed by atoms with E-state index in [1.807, 2.05) is 12.1 Å². The Hall–Kier alpha value is -1.34. The lowest BCUT2D eigenvalue weighted by Crippen LogP contribution is -2.47. The molecule has 2 heterocycles. The minimum Gasteiger partial charge on any atom is -0.397 e. The van der Waals surface area contributed by atoms with E-state index in [1.165, 1.54) is 0 Å². The number of pyridine rings is 1. The third kappa shape index (κ3) is 4.86. The second kappa shape index (κ2) is 7.09. The monoisotopic (exact) mass is 312 g/mol. The first-order valence-electron chi connectivity index (χ1n) is 7.39. The summed E-state index contributed by atoms with van der Waals surface area (Å²) in [5, 5.41) is 0. The third-order valence-electron chi connectivity index (χ3n) is 3.84. The van der Waals surface area contributed by atoms with Crippen LogP contribution >= 0.6 is 0 Å². The van der Waals surface area contributed by atoms with Crippen molar-refractivity contribution >= 4 is 21.3 Å². The molecule has 1 saturated heterocycles. The second-order valence-electron chi connectivity index (χ2n) is 5.37. The minimum atomic E-state index is -2.84. The maximum absolute atomic E-state index is 11.5. The quantitative estimate of drug-likeness (QED) is 0.829. The number of anilines is 2. The Kier molecular flexibility index (Phi) is 5.41. The lowest BCUT2D eigenvalue weighted by molar-refractivity contribution is 0.258. The first-order valence-corrected chi connectivity index (χ1v) is 9.21. The van der Waals surface area contributed by atoms with E-state index in [1.54, 1.807) is 13.1 Å². The van der Waals surface area contributed by atoms with Gasteiger partial charge in [0.05, 0.1) is 17.6 Å². The van der Waals surface area contributed by atoms with Gasteiger partial charge in [0, 0.05) is 31.9 Å². The number of piperazine rings is 1. The van der Waals surface area contributed by atoms with Gasteiger partial charge in [-0.05, 0) is 25.1 Å². The average Bonchev–Trinajstić information content (AvgIpc) is 2.49. The molecule has 0 aliphatic carbocycles. The number of nitrogens with zero attached hydrogens (tertiary/aromatic N) is 3. The normalized spacial score (nSPS) is 17.1. The lowest BCUT2D eigenvalue weighted by Gasteiger charge is -2.35. The maximum atomic E-state index is 11.5. The van der Waals surface area contributed by atoms with Crippen molar-refractivity contribution in [2.75, 3.05) is 54.9 Å². The molecule has 1 aromatic heterocycles. The zero-order valence-corrected chi connectivity index (χ0v) is 13.3. The maximum Gasteiger partial charge on any atom is 0.150 e. The van der Waals surface area contributed by atoms with E-state index in [4.69, 9.17) is 5.73 Å². The fourth-order valence-electron chi connectivity index (χ4n) is 2.44. The molecule has 1 fully saturated rings. The third-order valence-corrected chi connectivity index (χ3v) is 5.63. The van der Waals surface area contributed by atoms with Gasteiger partial charge in [0.2, 0.25) is 0 Å². The molecule has 2 rings (SSSR count). The van der Waals surface area contributed by atoms with Gasteiger partial charge in [-0.3, -0.25) is 4.90 Å². The molecule has 1 aliphatic rings. The molecule has 0 aromatic carbocycles. The molecule has 21 heavy (non-hydrogen) atoms. The zero-order valence-electron chi connectivity index (χ0n) is 12.5. The lowest BCUT2D eigenvalue weighted by atomic mass is 10.3. The fourth-order valence-corrected chi connectivity index (χ4v) is 3.30. The van der Waals surface area contributed by atoms with Crippen molar-refractivity contribution in [2.45, 2.75) is 13.3 Å². The molecule has 7 heteroatoms. The van der Waals surface area contributed by atoms with Crippen LogP contribution in [0.15, 0.2) is 18.3 Å². The highest BCUT2D eigenvalue weighted by Gasteiger charge is 2.18. The highest BCUT2D eigenvalue weighted by molar-refractivity contribution is 7.91. The van der Waals surface area contributed by atoms with Crippen molar-refractivity contribution in [1.82, 2.24) is 9.88 Å². The van der Waals surface area contributed by atoms with E-state index >= 15 is 0 Å². The topological polar surface area (TPSA) is 79.5 Å². The van der Waals surface area contributed by atoms with Gasteiger partial charge in [-0.1, -0.05) is 6.92 Å². The summed E-state index contributed by atoms with van der Waals surface area (Å²) < 4.78 is 22.9. The number of hydrogen-bond donors (Lipinski definition) is 1. The minimum absolute atomic E-state index is 0.240. The van der Waals surface area contributed by atoms with Gasteiger partial charge in [-0.15, -0.1) is 0 Å². The number of hydrogen-bond acceptors (Lipinski definition) is 6. The number of nitrogens with two attached hydrogens (primary N) is 1. The van der Waals surface area contributed by atoms with Crippen LogP contribution in [0.2, 0.25) is 0 Å². The smallest absolute Gasteiger partial charge is 0.150 e. The van der Waals surface area contributed by atoms with Crippen molar-refractivity contribution in [3.05, 3.63) is 18.3 Å². The molecule has 1 aliphatic heterocycles.